The Morgan fingerprint density at radius 2 is 1.88 bits per heavy atom. The number of hydrogen-bond acceptors (Lipinski definition) is 5. The van der Waals surface area contributed by atoms with E-state index in [9.17, 15) is 4.79 Å². The maximum absolute atomic E-state index is 13.1. The maximum atomic E-state index is 13.1. The van der Waals surface area contributed by atoms with Gasteiger partial charge in [0.25, 0.3) is 5.91 Å². The van der Waals surface area contributed by atoms with Gasteiger partial charge in [-0.25, -0.2) is 0 Å². The smallest absolute Gasteiger partial charge is 0.252 e. The number of carbonyl (C=O) groups excluding carboxylic acids is 1. The summed E-state index contributed by atoms with van der Waals surface area (Å²) < 4.78 is 10.8. The fraction of sp³-hybridized carbons (Fsp3) is 0.480. The van der Waals surface area contributed by atoms with Crippen LogP contribution in [0.2, 0.25) is 0 Å². The first kappa shape index (κ1) is 22.9. The van der Waals surface area contributed by atoms with Gasteiger partial charge in [-0.15, -0.1) is 0 Å². The molecule has 3 aliphatic heterocycles. The number of nitrogens with zero attached hydrogens (tertiary/aromatic N) is 2. The van der Waals surface area contributed by atoms with E-state index in [1.54, 1.807) is 20.3 Å². The van der Waals surface area contributed by atoms with Gasteiger partial charge in [0.2, 0.25) is 0 Å². The molecule has 172 valence electrons. The molecule has 1 saturated heterocycles. The fourth-order valence-electron chi connectivity index (χ4n) is 4.58. The second kappa shape index (κ2) is 10.1. The zero-order chi connectivity index (χ0) is 22.7. The second-order valence-corrected chi connectivity index (χ2v) is 9.95. The molecule has 1 N–H and O–H groups in total. The van der Waals surface area contributed by atoms with Crippen LogP contribution in [-0.4, -0.2) is 61.4 Å². The van der Waals surface area contributed by atoms with Gasteiger partial charge in [-0.1, -0.05) is 21.6 Å². The Morgan fingerprint density at radius 3 is 2.56 bits per heavy atom. The van der Waals surface area contributed by atoms with Gasteiger partial charge in [0.05, 0.1) is 25.7 Å². The standard InChI is InChI=1S/C25H34N3O3P/c1-5-10-26-19-8-11-27(12-9-19)20-13-17(2)25-28(16-20)24(29)15-23(32-25)18-6-7-21(30-3)22(14-18)31-4/h6-7,13-16,19,25-26,32H,5,8-12H2,1-4H3. The average Bonchev–Trinajstić information content (AvgIpc) is 2.82. The van der Waals surface area contributed by atoms with Gasteiger partial charge in [-0.05, 0) is 67.4 Å². The van der Waals surface area contributed by atoms with Crippen LogP contribution in [0.3, 0.4) is 0 Å². The van der Waals surface area contributed by atoms with Crippen molar-refractivity contribution in [3.05, 3.63) is 53.4 Å². The van der Waals surface area contributed by atoms with Crippen molar-refractivity contribution in [1.29, 1.82) is 0 Å². The van der Waals surface area contributed by atoms with Crippen molar-refractivity contribution in [2.24, 2.45) is 0 Å². The van der Waals surface area contributed by atoms with Crippen LogP contribution in [0.5, 0.6) is 11.5 Å². The highest BCUT2D eigenvalue weighted by Crippen LogP contribution is 2.48. The summed E-state index contributed by atoms with van der Waals surface area (Å²) in [6.45, 7) is 7.50. The van der Waals surface area contributed by atoms with Crippen LogP contribution >= 0.6 is 8.58 Å². The largest absolute Gasteiger partial charge is 0.493 e. The molecular formula is C25H34N3O3P. The summed E-state index contributed by atoms with van der Waals surface area (Å²) in [6.07, 6.45) is 9.59. The number of benzene rings is 1. The first-order chi connectivity index (χ1) is 15.5. The zero-order valence-electron chi connectivity index (χ0n) is 19.5. The Bertz CT molecular complexity index is 948. The SMILES string of the molecule is CCCNC1CCN(C2=CN3C(=O)C=C(c4ccc(OC)c(OC)c4)PC3C(C)=C2)CC1. The van der Waals surface area contributed by atoms with E-state index in [2.05, 4.69) is 36.3 Å². The Morgan fingerprint density at radius 1 is 1.12 bits per heavy atom. The highest BCUT2D eigenvalue weighted by atomic mass is 31.1. The quantitative estimate of drug-likeness (QED) is 0.626. The van der Waals surface area contributed by atoms with E-state index in [1.165, 1.54) is 12.0 Å². The van der Waals surface area contributed by atoms with Crippen molar-refractivity contribution in [3.8, 4) is 11.5 Å². The van der Waals surface area contributed by atoms with Gasteiger partial charge in [0, 0.05) is 31.4 Å². The molecule has 0 bridgehead atoms. The van der Waals surface area contributed by atoms with Crippen molar-refractivity contribution >= 4 is 19.8 Å². The normalized spacial score (nSPS) is 22.3. The van der Waals surface area contributed by atoms with Crippen LogP contribution in [0.1, 0.15) is 38.7 Å². The highest BCUT2D eigenvalue weighted by molar-refractivity contribution is 7.51. The molecule has 2 atom stereocenters. The maximum Gasteiger partial charge on any atom is 0.252 e. The summed E-state index contributed by atoms with van der Waals surface area (Å²) in [4.78, 5) is 17.5. The summed E-state index contributed by atoms with van der Waals surface area (Å²) in [5.41, 5.74) is 3.42. The van der Waals surface area contributed by atoms with Gasteiger partial charge >= 0.3 is 0 Å². The molecule has 0 aliphatic carbocycles. The van der Waals surface area contributed by atoms with Crippen LogP contribution in [0.15, 0.2) is 47.8 Å². The summed E-state index contributed by atoms with van der Waals surface area (Å²) in [5.74, 6) is 1.51. The number of likely N-dealkylation sites (tertiary alicyclic amines) is 1. The lowest BCUT2D eigenvalue weighted by atomic mass is 10.0. The molecular weight excluding hydrogens is 421 g/mol. The number of ether oxygens (including phenoxy) is 2. The molecule has 32 heavy (non-hydrogen) atoms. The number of allylic oxidation sites excluding steroid dienone is 1. The van der Waals surface area contributed by atoms with Gasteiger partial charge in [-0.2, -0.15) is 0 Å². The van der Waals surface area contributed by atoms with Gasteiger partial charge in [0.1, 0.15) is 0 Å². The molecule has 7 heteroatoms. The molecule has 3 aliphatic rings. The molecule has 0 spiro atoms. The summed E-state index contributed by atoms with van der Waals surface area (Å²) in [6, 6.07) is 6.47. The van der Waals surface area contributed by atoms with Gasteiger partial charge < -0.3 is 24.6 Å². The number of rotatable bonds is 7. The number of carbonyl (C=O) groups is 1. The topological polar surface area (TPSA) is 54.0 Å². The molecule has 1 aromatic carbocycles. The fourth-order valence-corrected chi connectivity index (χ4v) is 6.06. The number of methoxy groups -OCH3 is 2. The zero-order valence-corrected chi connectivity index (χ0v) is 20.5. The first-order valence-corrected chi connectivity index (χ1v) is 12.5. The molecule has 4 rings (SSSR count). The van der Waals surface area contributed by atoms with Crippen LogP contribution < -0.4 is 14.8 Å². The van der Waals surface area contributed by atoms with Crippen molar-refractivity contribution in [2.45, 2.75) is 44.9 Å². The molecule has 1 aromatic rings. The molecule has 2 unspecified atom stereocenters. The molecule has 1 amide bonds. The van der Waals surface area contributed by atoms with Crippen molar-refractivity contribution in [2.75, 3.05) is 33.9 Å². The summed E-state index contributed by atoms with van der Waals surface area (Å²) in [5, 5.41) is 4.70. The van der Waals surface area contributed by atoms with E-state index in [4.69, 9.17) is 9.47 Å². The minimum atomic E-state index is 0.0444. The van der Waals surface area contributed by atoms with Crippen LogP contribution in [0.4, 0.5) is 0 Å². The predicted molar refractivity (Wildman–Crippen MR) is 131 cm³/mol. The number of amides is 1. The monoisotopic (exact) mass is 455 g/mol. The third kappa shape index (κ3) is 4.72. The van der Waals surface area contributed by atoms with E-state index in [-0.39, 0.29) is 11.7 Å². The Kier molecular flexibility index (Phi) is 7.22. The lowest BCUT2D eigenvalue weighted by Gasteiger charge is -2.41. The van der Waals surface area contributed by atoms with Crippen LogP contribution in [0, 0.1) is 0 Å². The predicted octanol–water partition coefficient (Wildman–Crippen LogP) is 4.16. The Hall–Kier alpha value is -2.30. The van der Waals surface area contributed by atoms with E-state index >= 15 is 0 Å². The number of fused-ring (bicyclic) bond motifs is 1. The first-order valence-electron chi connectivity index (χ1n) is 11.4. The van der Waals surface area contributed by atoms with Crippen molar-refractivity contribution < 1.29 is 14.3 Å². The van der Waals surface area contributed by atoms with Crippen molar-refractivity contribution in [3.63, 3.8) is 0 Å². The molecule has 0 aromatic heterocycles. The minimum absolute atomic E-state index is 0.0444. The van der Waals surface area contributed by atoms with Gasteiger partial charge in [-0.3, -0.25) is 4.79 Å². The molecule has 6 nitrogen and oxygen atoms in total. The lowest BCUT2D eigenvalue weighted by Crippen LogP contribution is -2.44. The van der Waals surface area contributed by atoms with Crippen molar-refractivity contribution in [1.82, 2.24) is 15.1 Å². The van der Waals surface area contributed by atoms with E-state index < -0.39 is 0 Å². The second-order valence-electron chi connectivity index (χ2n) is 8.58. The Labute approximate surface area is 193 Å². The highest BCUT2D eigenvalue weighted by Gasteiger charge is 2.33. The number of hydrogen-bond donors (Lipinski definition) is 1. The third-order valence-corrected chi connectivity index (χ3v) is 8.16. The van der Waals surface area contributed by atoms with Crippen LogP contribution in [-0.2, 0) is 4.79 Å². The molecule has 1 fully saturated rings. The van der Waals surface area contributed by atoms with E-state index in [0.29, 0.717) is 26.1 Å². The summed E-state index contributed by atoms with van der Waals surface area (Å²) >= 11 is 0. The molecule has 0 radical (unpaired) electrons. The van der Waals surface area contributed by atoms with Crippen LogP contribution in [0.25, 0.3) is 5.31 Å². The molecule has 0 saturated carbocycles. The third-order valence-electron chi connectivity index (χ3n) is 6.41. The number of nitrogens with one attached hydrogen (secondary N) is 1. The number of piperidine rings is 1. The molecule has 3 heterocycles. The van der Waals surface area contributed by atoms with Gasteiger partial charge in [0.15, 0.2) is 11.5 Å². The van der Waals surface area contributed by atoms with E-state index in [1.807, 2.05) is 23.1 Å². The lowest BCUT2D eigenvalue weighted by molar-refractivity contribution is -0.124. The average molecular weight is 456 g/mol. The Balaban J connectivity index is 1.50. The van der Waals surface area contributed by atoms with E-state index in [0.717, 1.165) is 49.1 Å². The minimum Gasteiger partial charge on any atom is -0.493 e. The summed E-state index contributed by atoms with van der Waals surface area (Å²) in [7, 11) is 3.75.